The summed E-state index contributed by atoms with van der Waals surface area (Å²) in [7, 11) is 0. The Labute approximate surface area is 259 Å². The van der Waals surface area contributed by atoms with Crippen molar-refractivity contribution in [1.29, 1.82) is 0 Å². The van der Waals surface area contributed by atoms with Gasteiger partial charge in [0.15, 0.2) is 0 Å². The molecule has 4 nitrogen and oxygen atoms in total. The van der Waals surface area contributed by atoms with Crippen LogP contribution in [0.4, 0.5) is 0 Å². The van der Waals surface area contributed by atoms with Crippen molar-refractivity contribution < 1.29 is 19.8 Å². The van der Waals surface area contributed by atoms with Crippen molar-refractivity contribution in [2.24, 2.45) is 0 Å². The zero-order valence-electron chi connectivity index (χ0n) is 23.2. The van der Waals surface area contributed by atoms with Crippen LogP contribution in [0.2, 0.25) is 0 Å². The SMILES string of the molecule is Brc1ccc2ccccc2c1.C=Cc1ccc(C(=O)O)cc1.O=C(O)c1ccc(/C=C/c2ccc3ccccc3c2)cc1. The third-order valence-electron chi connectivity index (χ3n) is 6.50. The van der Waals surface area contributed by atoms with Gasteiger partial charge in [-0.15, -0.1) is 0 Å². The molecule has 6 aromatic carbocycles. The second kappa shape index (κ2) is 15.1. The molecule has 0 saturated carbocycles. The van der Waals surface area contributed by atoms with Crippen molar-refractivity contribution in [3.63, 3.8) is 0 Å². The van der Waals surface area contributed by atoms with Gasteiger partial charge in [0.1, 0.15) is 0 Å². The van der Waals surface area contributed by atoms with E-state index in [2.05, 4.69) is 95.3 Å². The zero-order valence-corrected chi connectivity index (χ0v) is 24.8. The topological polar surface area (TPSA) is 74.6 Å². The maximum Gasteiger partial charge on any atom is 0.335 e. The summed E-state index contributed by atoms with van der Waals surface area (Å²) in [6.07, 6.45) is 5.68. The van der Waals surface area contributed by atoms with Crippen LogP contribution in [0, 0.1) is 0 Å². The number of carbonyl (C=O) groups is 2. The molecule has 0 bridgehead atoms. The highest BCUT2D eigenvalue weighted by molar-refractivity contribution is 9.10. The summed E-state index contributed by atoms with van der Waals surface area (Å²) < 4.78 is 1.14. The smallest absolute Gasteiger partial charge is 0.335 e. The second-order valence-corrected chi connectivity index (χ2v) is 10.4. The molecule has 0 aliphatic carbocycles. The molecule has 0 spiro atoms. The van der Waals surface area contributed by atoms with Crippen LogP contribution in [-0.2, 0) is 0 Å². The van der Waals surface area contributed by atoms with Crippen LogP contribution in [0.25, 0.3) is 39.8 Å². The Bertz CT molecular complexity index is 1890. The van der Waals surface area contributed by atoms with Crippen LogP contribution < -0.4 is 0 Å². The van der Waals surface area contributed by atoms with Gasteiger partial charge in [0.05, 0.1) is 11.1 Å². The van der Waals surface area contributed by atoms with Crippen molar-refractivity contribution in [2.45, 2.75) is 0 Å². The largest absolute Gasteiger partial charge is 0.478 e. The summed E-state index contributed by atoms with van der Waals surface area (Å²) >= 11 is 3.43. The highest BCUT2D eigenvalue weighted by Crippen LogP contribution is 2.19. The van der Waals surface area contributed by atoms with Gasteiger partial charge in [-0.2, -0.15) is 0 Å². The molecule has 0 heterocycles. The maximum absolute atomic E-state index is 10.8. The summed E-state index contributed by atoms with van der Waals surface area (Å²) in [6.45, 7) is 3.56. The van der Waals surface area contributed by atoms with Gasteiger partial charge in [-0.1, -0.05) is 132 Å². The van der Waals surface area contributed by atoms with Crippen molar-refractivity contribution in [3.8, 4) is 0 Å². The van der Waals surface area contributed by atoms with Crippen LogP contribution in [0.15, 0.2) is 145 Å². The number of carboxylic acids is 2. The van der Waals surface area contributed by atoms with E-state index in [0.717, 1.165) is 21.2 Å². The van der Waals surface area contributed by atoms with E-state index in [0.29, 0.717) is 11.1 Å². The van der Waals surface area contributed by atoms with E-state index in [-0.39, 0.29) is 0 Å². The van der Waals surface area contributed by atoms with Gasteiger partial charge in [-0.3, -0.25) is 0 Å². The molecule has 212 valence electrons. The molecule has 0 saturated heterocycles. The molecule has 43 heavy (non-hydrogen) atoms. The molecule has 0 radical (unpaired) electrons. The summed E-state index contributed by atoms with van der Waals surface area (Å²) in [6, 6.07) is 42.6. The Kier molecular flexibility index (Phi) is 10.8. The van der Waals surface area contributed by atoms with Crippen LogP contribution >= 0.6 is 15.9 Å². The summed E-state index contributed by atoms with van der Waals surface area (Å²) in [4.78, 5) is 21.2. The monoisotopic (exact) mass is 628 g/mol. The predicted octanol–water partition coefficient (Wildman–Crippen LogP) is 10.3. The minimum Gasteiger partial charge on any atom is -0.478 e. The van der Waals surface area contributed by atoms with Crippen molar-refractivity contribution in [1.82, 2.24) is 0 Å². The second-order valence-electron chi connectivity index (χ2n) is 9.49. The van der Waals surface area contributed by atoms with Gasteiger partial charge in [0, 0.05) is 4.47 Å². The standard InChI is InChI=1S/C19H14O2.C10H7Br.C9H8O2/c20-19(21)17-11-7-14(8-12-17)5-6-15-9-10-16-3-1-2-4-18(16)13-15;11-10-6-5-8-3-1-2-4-9(8)7-10;1-2-7-3-5-8(6-4-7)9(10)11/h1-13H,(H,20,21);1-7H;2-6H,1H2,(H,10,11)/b6-5+;;. The first-order valence-electron chi connectivity index (χ1n) is 13.4. The van der Waals surface area contributed by atoms with Gasteiger partial charge in [0.2, 0.25) is 0 Å². The molecule has 0 aliphatic heterocycles. The molecule has 0 fully saturated rings. The number of hydrogen-bond donors (Lipinski definition) is 2. The average Bonchev–Trinajstić information content (AvgIpc) is 3.04. The number of hydrogen-bond acceptors (Lipinski definition) is 2. The number of fused-ring (bicyclic) bond motifs is 2. The molecular weight excluding hydrogens is 600 g/mol. The highest BCUT2D eigenvalue weighted by atomic mass is 79.9. The average molecular weight is 630 g/mol. The first-order valence-corrected chi connectivity index (χ1v) is 14.2. The number of aromatic carboxylic acids is 2. The van der Waals surface area contributed by atoms with Crippen molar-refractivity contribution in [3.05, 3.63) is 172 Å². The van der Waals surface area contributed by atoms with Crippen LogP contribution in [0.1, 0.15) is 37.4 Å². The molecule has 5 heteroatoms. The third kappa shape index (κ3) is 9.12. The lowest BCUT2D eigenvalue weighted by Gasteiger charge is -2.00. The van der Waals surface area contributed by atoms with E-state index >= 15 is 0 Å². The molecule has 0 aromatic heterocycles. The van der Waals surface area contributed by atoms with Gasteiger partial charge in [0.25, 0.3) is 0 Å². The van der Waals surface area contributed by atoms with Gasteiger partial charge < -0.3 is 10.2 Å². The Morgan fingerprint density at radius 3 is 1.44 bits per heavy atom. The van der Waals surface area contributed by atoms with E-state index in [1.165, 1.54) is 21.5 Å². The molecule has 6 rings (SSSR count). The van der Waals surface area contributed by atoms with Crippen LogP contribution in [-0.4, -0.2) is 22.2 Å². The lowest BCUT2D eigenvalue weighted by atomic mass is 10.1. The summed E-state index contributed by atoms with van der Waals surface area (Å²) in [5.74, 6) is -1.80. The molecule has 0 unspecified atom stereocenters. The Balaban J connectivity index is 0.000000162. The van der Waals surface area contributed by atoms with Crippen molar-refractivity contribution >= 4 is 67.6 Å². The maximum atomic E-state index is 10.8. The van der Waals surface area contributed by atoms with E-state index in [9.17, 15) is 9.59 Å². The fourth-order valence-corrected chi connectivity index (χ4v) is 4.54. The molecule has 0 aliphatic rings. The lowest BCUT2D eigenvalue weighted by Crippen LogP contribution is -1.94. The summed E-state index contributed by atoms with van der Waals surface area (Å²) in [5, 5.41) is 22.4. The Morgan fingerprint density at radius 1 is 0.512 bits per heavy atom. The van der Waals surface area contributed by atoms with Crippen LogP contribution in [0.3, 0.4) is 0 Å². The third-order valence-corrected chi connectivity index (χ3v) is 7.00. The predicted molar refractivity (Wildman–Crippen MR) is 181 cm³/mol. The first-order chi connectivity index (χ1) is 20.8. The van der Waals surface area contributed by atoms with E-state index < -0.39 is 11.9 Å². The fourth-order valence-electron chi connectivity index (χ4n) is 4.16. The lowest BCUT2D eigenvalue weighted by molar-refractivity contribution is 0.0686. The van der Waals surface area contributed by atoms with Gasteiger partial charge in [-0.25, -0.2) is 9.59 Å². The van der Waals surface area contributed by atoms with Crippen LogP contribution in [0.5, 0.6) is 0 Å². The number of rotatable bonds is 5. The zero-order chi connectivity index (χ0) is 30.6. The minimum atomic E-state index is -0.903. The molecule has 2 N–H and O–H groups in total. The van der Waals surface area contributed by atoms with Gasteiger partial charge >= 0.3 is 11.9 Å². The molecular formula is C38H29BrO4. The van der Waals surface area contributed by atoms with E-state index in [1.54, 1.807) is 54.6 Å². The minimum absolute atomic E-state index is 0.301. The first kappa shape index (κ1) is 30.7. The van der Waals surface area contributed by atoms with Crippen molar-refractivity contribution in [2.75, 3.05) is 0 Å². The molecule has 0 amide bonds. The molecule has 6 aromatic rings. The Morgan fingerprint density at radius 2 is 0.930 bits per heavy atom. The quantitative estimate of drug-likeness (QED) is 0.186. The van der Waals surface area contributed by atoms with E-state index in [1.807, 2.05) is 24.3 Å². The summed E-state index contributed by atoms with van der Waals surface area (Å²) in [5.41, 5.74) is 3.63. The fraction of sp³-hybridized carbons (Fsp3) is 0. The molecule has 0 atom stereocenters. The van der Waals surface area contributed by atoms with E-state index in [4.69, 9.17) is 10.2 Å². The normalized spacial score (nSPS) is 10.3. The number of halogens is 1. The Hall–Kier alpha value is -5.26. The highest BCUT2D eigenvalue weighted by Gasteiger charge is 2.01. The van der Waals surface area contributed by atoms with Gasteiger partial charge in [-0.05, 0) is 80.7 Å². The number of carboxylic acid groups (broad SMARTS) is 2. The number of benzene rings is 6.